The summed E-state index contributed by atoms with van der Waals surface area (Å²) in [5.74, 6) is -0.165. The second kappa shape index (κ2) is 5.26. The van der Waals surface area contributed by atoms with Crippen LogP contribution in [0.4, 0.5) is 15.2 Å². The molecule has 6 heteroatoms. The Morgan fingerprint density at radius 3 is 2.70 bits per heavy atom. The van der Waals surface area contributed by atoms with Crippen LogP contribution in [-0.2, 0) is 0 Å². The maximum absolute atomic E-state index is 13.1. The van der Waals surface area contributed by atoms with E-state index < -0.39 is 0 Å². The minimum Gasteiger partial charge on any atom is -0.507 e. The molecule has 1 aromatic heterocycles. The predicted molar refractivity (Wildman–Crippen MR) is 76.7 cm³/mol. The molecule has 2 aromatic carbocycles. The van der Waals surface area contributed by atoms with Crippen LogP contribution in [0.5, 0.6) is 5.75 Å². The van der Waals surface area contributed by atoms with Gasteiger partial charge in [-0.05, 0) is 30.3 Å². The second-order valence-corrected chi connectivity index (χ2v) is 5.04. The third-order valence-electron chi connectivity index (χ3n) is 2.64. The fourth-order valence-electron chi connectivity index (χ4n) is 1.73. The van der Waals surface area contributed by atoms with Crippen molar-refractivity contribution in [3.63, 3.8) is 0 Å². The lowest BCUT2D eigenvalue weighted by Gasteiger charge is -2.01. The highest BCUT2D eigenvalue weighted by molar-refractivity contribution is 7.18. The molecule has 2 N–H and O–H groups in total. The summed E-state index contributed by atoms with van der Waals surface area (Å²) in [7, 11) is 0. The first-order chi connectivity index (χ1) is 9.72. The maximum atomic E-state index is 13.1. The number of anilines is 2. The molecule has 0 saturated carbocycles. The Balaban J connectivity index is 1.86. The van der Waals surface area contributed by atoms with E-state index in [9.17, 15) is 9.50 Å². The average Bonchev–Trinajstić information content (AvgIpc) is 2.87. The predicted octanol–water partition coefficient (Wildman–Crippen LogP) is 3.79. The summed E-state index contributed by atoms with van der Waals surface area (Å²) in [6.45, 7) is 0. The number of phenolic OH excluding ortho intramolecular Hbond substituents is 1. The van der Waals surface area contributed by atoms with Crippen LogP contribution in [0.25, 0.3) is 10.6 Å². The van der Waals surface area contributed by atoms with Gasteiger partial charge in [-0.1, -0.05) is 29.5 Å². The molecule has 0 bridgehead atoms. The fraction of sp³-hybridized carbons (Fsp3) is 0. The molecule has 4 nitrogen and oxygen atoms in total. The van der Waals surface area contributed by atoms with Crippen molar-refractivity contribution in [2.24, 2.45) is 0 Å². The topological polar surface area (TPSA) is 58.0 Å². The molecule has 0 spiro atoms. The van der Waals surface area contributed by atoms with Crippen LogP contribution < -0.4 is 5.32 Å². The van der Waals surface area contributed by atoms with Gasteiger partial charge in [0.1, 0.15) is 11.6 Å². The van der Waals surface area contributed by atoms with E-state index in [1.165, 1.54) is 23.5 Å². The van der Waals surface area contributed by atoms with Gasteiger partial charge in [0.15, 0.2) is 5.01 Å². The highest BCUT2D eigenvalue weighted by Gasteiger charge is 2.10. The molecule has 0 aliphatic carbocycles. The maximum Gasteiger partial charge on any atom is 0.210 e. The van der Waals surface area contributed by atoms with Crippen LogP contribution in [0.3, 0.4) is 0 Å². The minimum atomic E-state index is -0.319. The molecule has 0 fully saturated rings. The van der Waals surface area contributed by atoms with Crippen LogP contribution in [-0.4, -0.2) is 15.3 Å². The SMILES string of the molecule is Oc1ccccc1-c1nnc(Nc2cccc(F)c2)s1. The quantitative estimate of drug-likeness (QED) is 0.769. The largest absolute Gasteiger partial charge is 0.507 e. The van der Waals surface area contributed by atoms with Gasteiger partial charge >= 0.3 is 0 Å². The summed E-state index contributed by atoms with van der Waals surface area (Å²) in [5, 5.41) is 21.9. The fourth-order valence-corrected chi connectivity index (χ4v) is 2.52. The number of nitrogens with one attached hydrogen (secondary N) is 1. The number of halogens is 1. The van der Waals surface area contributed by atoms with Gasteiger partial charge in [-0.2, -0.15) is 0 Å². The summed E-state index contributed by atoms with van der Waals surface area (Å²) >= 11 is 1.29. The summed E-state index contributed by atoms with van der Waals surface area (Å²) < 4.78 is 13.1. The van der Waals surface area contributed by atoms with E-state index in [1.807, 2.05) is 6.07 Å². The van der Waals surface area contributed by atoms with Crippen LogP contribution in [0.15, 0.2) is 48.5 Å². The summed E-state index contributed by atoms with van der Waals surface area (Å²) in [6, 6.07) is 13.0. The number of hydrogen-bond donors (Lipinski definition) is 2. The van der Waals surface area contributed by atoms with Gasteiger partial charge in [-0.3, -0.25) is 0 Å². The van der Waals surface area contributed by atoms with Crippen molar-refractivity contribution in [3.8, 4) is 16.3 Å². The van der Waals surface area contributed by atoms with Gasteiger partial charge in [-0.15, -0.1) is 10.2 Å². The first kappa shape index (κ1) is 12.6. The average molecular weight is 287 g/mol. The van der Waals surface area contributed by atoms with Gasteiger partial charge in [0.25, 0.3) is 0 Å². The zero-order chi connectivity index (χ0) is 13.9. The Kier molecular flexibility index (Phi) is 3.30. The number of nitrogens with zero attached hydrogens (tertiary/aromatic N) is 2. The van der Waals surface area contributed by atoms with E-state index in [1.54, 1.807) is 30.3 Å². The van der Waals surface area contributed by atoms with Crippen molar-refractivity contribution in [3.05, 3.63) is 54.3 Å². The standard InChI is InChI=1S/C14H10FN3OS/c15-9-4-3-5-10(8-9)16-14-18-17-13(20-14)11-6-1-2-7-12(11)19/h1-8,19H,(H,16,18). The zero-order valence-electron chi connectivity index (χ0n) is 10.2. The molecule has 20 heavy (non-hydrogen) atoms. The third kappa shape index (κ3) is 2.60. The number of rotatable bonds is 3. The van der Waals surface area contributed by atoms with Gasteiger partial charge in [0.05, 0.1) is 5.56 Å². The van der Waals surface area contributed by atoms with Crippen molar-refractivity contribution in [1.29, 1.82) is 0 Å². The van der Waals surface area contributed by atoms with E-state index in [0.29, 0.717) is 21.4 Å². The van der Waals surface area contributed by atoms with Crippen LogP contribution in [0.2, 0.25) is 0 Å². The first-order valence-corrected chi connectivity index (χ1v) is 6.68. The Hall–Kier alpha value is -2.47. The Labute approximate surface area is 118 Å². The molecule has 0 saturated heterocycles. The van der Waals surface area contributed by atoms with E-state index in [0.717, 1.165) is 0 Å². The molecule has 0 radical (unpaired) electrons. The van der Waals surface area contributed by atoms with Crippen molar-refractivity contribution < 1.29 is 9.50 Å². The minimum absolute atomic E-state index is 0.154. The summed E-state index contributed by atoms with van der Waals surface area (Å²) in [4.78, 5) is 0. The van der Waals surface area contributed by atoms with Crippen molar-refractivity contribution in [1.82, 2.24) is 10.2 Å². The normalized spacial score (nSPS) is 10.4. The van der Waals surface area contributed by atoms with E-state index in [2.05, 4.69) is 15.5 Å². The molecular formula is C14H10FN3OS. The lowest BCUT2D eigenvalue weighted by Crippen LogP contribution is -1.89. The summed E-state index contributed by atoms with van der Waals surface area (Å²) in [5.41, 5.74) is 1.22. The molecule has 0 amide bonds. The number of phenols is 1. The second-order valence-electron chi connectivity index (χ2n) is 4.06. The third-order valence-corrected chi connectivity index (χ3v) is 3.51. The van der Waals surface area contributed by atoms with E-state index in [-0.39, 0.29) is 11.6 Å². The van der Waals surface area contributed by atoms with Crippen molar-refractivity contribution >= 4 is 22.2 Å². The van der Waals surface area contributed by atoms with Crippen LogP contribution >= 0.6 is 11.3 Å². The summed E-state index contributed by atoms with van der Waals surface area (Å²) in [6.07, 6.45) is 0. The molecule has 0 unspecified atom stereocenters. The molecule has 0 aliphatic heterocycles. The Morgan fingerprint density at radius 2 is 1.90 bits per heavy atom. The lowest BCUT2D eigenvalue weighted by atomic mass is 10.2. The first-order valence-electron chi connectivity index (χ1n) is 5.87. The van der Waals surface area contributed by atoms with Crippen LogP contribution in [0.1, 0.15) is 0 Å². The van der Waals surface area contributed by atoms with E-state index in [4.69, 9.17) is 0 Å². The van der Waals surface area contributed by atoms with Gasteiger partial charge in [0, 0.05) is 5.69 Å². The molecule has 0 aliphatic rings. The molecule has 0 atom stereocenters. The zero-order valence-corrected chi connectivity index (χ0v) is 11.1. The Morgan fingerprint density at radius 1 is 1.05 bits per heavy atom. The van der Waals surface area contributed by atoms with Gasteiger partial charge in [0.2, 0.25) is 5.13 Å². The van der Waals surface area contributed by atoms with Crippen molar-refractivity contribution in [2.75, 3.05) is 5.32 Å². The van der Waals surface area contributed by atoms with Gasteiger partial charge < -0.3 is 10.4 Å². The molecule has 100 valence electrons. The smallest absolute Gasteiger partial charge is 0.210 e. The number of benzene rings is 2. The Bertz CT molecular complexity index is 745. The lowest BCUT2D eigenvalue weighted by molar-refractivity contribution is 0.477. The van der Waals surface area contributed by atoms with Crippen LogP contribution in [0, 0.1) is 5.82 Å². The molecule has 3 rings (SSSR count). The van der Waals surface area contributed by atoms with Gasteiger partial charge in [-0.25, -0.2) is 4.39 Å². The molecular weight excluding hydrogens is 277 g/mol. The molecule has 3 aromatic rings. The monoisotopic (exact) mass is 287 g/mol. The number of aromatic hydroxyl groups is 1. The highest BCUT2D eigenvalue weighted by atomic mass is 32.1. The highest BCUT2D eigenvalue weighted by Crippen LogP contribution is 2.33. The molecule has 1 heterocycles. The number of para-hydroxylation sites is 1. The number of aromatic nitrogens is 2. The van der Waals surface area contributed by atoms with E-state index >= 15 is 0 Å². The number of hydrogen-bond acceptors (Lipinski definition) is 5. The van der Waals surface area contributed by atoms with Crippen molar-refractivity contribution in [2.45, 2.75) is 0 Å².